The lowest BCUT2D eigenvalue weighted by molar-refractivity contribution is -0.121. The first-order valence-corrected chi connectivity index (χ1v) is 6.16. The maximum atomic E-state index is 11.3. The van der Waals surface area contributed by atoms with Crippen molar-refractivity contribution in [3.8, 4) is 0 Å². The van der Waals surface area contributed by atoms with Crippen LogP contribution in [-0.4, -0.2) is 19.0 Å². The number of nitrogens with two attached hydrogens (primary N) is 1. The highest BCUT2D eigenvalue weighted by Gasteiger charge is 2.00. The molecule has 3 nitrogen and oxygen atoms in total. The van der Waals surface area contributed by atoms with Gasteiger partial charge in [0.2, 0.25) is 5.91 Å². The molecule has 3 N–H and O–H groups in total. The predicted octanol–water partition coefficient (Wildman–Crippen LogP) is 1.70. The summed E-state index contributed by atoms with van der Waals surface area (Å²) < 4.78 is 0. The van der Waals surface area contributed by atoms with Gasteiger partial charge in [0.05, 0.1) is 0 Å². The molecule has 0 aliphatic heterocycles. The zero-order chi connectivity index (χ0) is 12.7. The number of carbonyl (C=O) groups is 1. The molecule has 0 atom stereocenters. The van der Waals surface area contributed by atoms with Crippen LogP contribution in [0.25, 0.3) is 0 Å². The standard InChI is InChI=1S/C14H22N2O/c1-11-5-6-13(10-12(11)2)7-9-16-14(17)4-3-8-15/h5-6,10H,3-4,7-9,15H2,1-2H3,(H,16,17). The number of benzene rings is 1. The molecule has 1 aromatic rings. The Labute approximate surface area is 103 Å². The van der Waals surface area contributed by atoms with Gasteiger partial charge in [-0.1, -0.05) is 18.2 Å². The molecule has 0 heterocycles. The van der Waals surface area contributed by atoms with Crippen molar-refractivity contribution >= 4 is 5.91 Å². The molecular weight excluding hydrogens is 212 g/mol. The number of carbonyl (C=O) groups excluding carboxylic acids is 1. The second-order valence-electron chi connectivity index (χ2n) is 4.41. The predicted molar refractivity (Wildman–Crippen MR) is 70.9 cm³/mol. The molecule has 1 amide bonds. The van der Waals surface area contributed by atoms with Crippen molar-refractivity contribution in [2.24, 2.45) is 5.73 Å². The third kappa shape index (κ3) is 5.00. The summed E-state index contributed by atoms with van der Waals surface area (Å²) in [5.74, 6) is 0.0966. The Hall–Kier alpha value is -1.35. The highest BCUT2D eigenvalue weighted by Crippen LogP contribution is 2.09. The van der Waals surface area contributed by atoms with E-state index < -0.39 is 0 Å². The van der Waals surface area contributed by atoms with Crippen LogP contribution in [0, 0.1) is 13.8 Å². The molecule has 3 heteroatoms. The quantitative estimate of drug-likeness (QED) is 0.787. The van der Waals surface area contributed by atoms with E-state index in [1.807, 2.05) is 0 Å². The molecule has 0 saturated carbocycles. The van der Waals surface area contributed by atoms with Gasteiger partial charge in [-0.2, -0.15) is 0 Å². The normalized spacial score (nSPS) is 10.3. The summed E-state index contributed by atoms with van der Waals surface area (Å²) in [4.78, 5) is 11.3. The molecule has 94 valence electrons. The second kappa shape index (κ2) is 7.07. The molecule has 17 heavy (non-hydrogen) atoms. The van der Waals surface area contributed by atoms with E-state index in [-0.39, 0.29) is 5.91 Å². The third-order valence-corrected chi connectivity index (χ3v) is 2.92. The van der Waals surface area contributed by atoms with Crippen LogP contribution < -0.4 is 11.1 Å². The van der Waals surface area contributed by atoms with Gasteiger partial charge in [-0.25, -0.2) is 0 Å². The molecule has 0 aromatic heterocycles. The molecule has 0 radical (unpaired) electrons. The fourth-order valence-electron chi connectivity index (χ4n) is 1.66. The SMILES string of the molecule is Cc1ccc(CCNC(=O)CCCN)cc1C. The molecule has 0 bridgehead atoms. The monoisotopic (exact) mass is 234 g/mol. The van der Waals surface area contributed by atoms with Crippen LogP contribution in [0.5, 0.6) is 0 Å². The highest BCUT2D eigenvalue weighted by molar-refractivity contribution is 5.75. The summed E-state index contributed by atoms with van der Waals surface area (Å²) >= 11 is 0. The number of nitrogens with one attached hydrogen (secondary N) is 1. The first-order chi connectivity index (χ1) is 8.13. The zero-order valence-electron chi connectivity index (χ0n) is 10.8. The van der Waals surface area contributed by atoms with Crippen LogP contribution in [0.1, 0.15) is 29.5 Å². The van der Waals surface area contributed by atoms with E-state index in [0.29, 0.717) is 19.5 Å². The van der Waals surface area contributed by atoms with Gasteiger partial charge in [-0.15, -0.1) is 0 Å². The molecule has 0 spiro atoms. The maximum Gasteiger partial charge on any atom is 0.220 e. The van der Waals surface area contributed by atoms with Crippen molar-refractivity contribution in [1.82, 2.24) is 5.32 Å². The third-order valence-electron chi connectivity index (χ3n) is 2.92. The fourth-order valence-corrected chi connectivity index (χ4v) is 1.66. The van der Waals surface area contributed by atoms with E-state index in [1.165, 1.54) is 16.7 Å². The number of hydrogen-bond acceptors (Lipinski definition) is 2. The minimum atomic E-state index is 0.0966. The molecule has 0 saturated heterocycles. The summed E-state index contributed by atoms with van der Waals surface area (Å²) in [5.41, 5.74) is 9.23. The topological polar surface area (TPSA) is 55.1 Å². The van der Waals surface area contributed by atoms with E-state index in [1.54, 1.807) is 0 Å². The van der Waals surface area contributed by atoms with Crippen molar-refractivity contribution in [2.45, 2.75) is 33.1 Å². The van der Waals surface area contributed by atoms with Crippen LogP contribution in [0.15, 0.2) is 18.2 Å². The molecule has 0 fully saturated rings. The number of aryl methyl sites for hydroxylation is 2. The van der Waals surface area contributed by atoms with Crippen LogP contribution in [-0.2, 0) is 11.2 Å². The molecule has 0 aliphatic carbocycles. The summed E-state index contributed by atoms with van der Waals surface area (Å²) in [7, 11) is 0. The maximum absolute atomic E-state index is 11.3. The Bertz CT molecular complexity index is 374. The van der Waals surface area contributed by atoms with Gasteiger partial charge in [0.1, 0.15) is 0 Å². The zero-order valence-corrected chi connectivity index (χ0v) is 10.8. The van der Waals surface area contributed by atoms with E-state index in [0.717, 1.165) is 12.8 Å². The first-order valence-electron chi connectivity index (χ1n) is 6.16. The number of rotatable bonds is 6. The Kier molecular flexibility index (Phi) is 5.70. The molecule has 1 aromatic carbocycles. The Morgan fingerprint density at radius 3 is 2.71 bits per heavy atom. The first kappa shape index (κ1) is 13.7. The lowest BCUT2D eigenvalue weighted by atomic mass is 10.0. The highest BCUT2D eigenvalue weighted by atomic mass is 16.1. The second-order valence-corrected chi connectivity index (χ2v) is 4.41. The summed E-state index contributed by atoms with van der Waals surface area (Å²) in [6, 6.07) is 6.43. The van der Waals surface area contributed by atoms with Gasteiger partial charge in [0.15, 0.2) is 0 Å². The van der Waals surface area contributed by atoms with Crippen molar-refractivity contribution in [1.29, 1.82) is 0 Å². The lowest BCUT2D eigenvalue weighted by Crippen LogP contribution is -2.26. The molecule has 0 aliphatic rings. The smallest absolute Gasteiger partial charge is 0.220 e. The van der Waals surface area contributed by atoms with Crippen molar-refractivity contribution in [3.05, 3.63) is 34.9 Å². The van der Waals surface area contributed by atoms with Crippen LogP contribution >= 0.6 is 0 Å². The molecule has 1 rings (SSSR count). The average molecular weight is 234 g/mol. The Morgan fingerprint density at radius 2 is 2.06 bits per heavy atom. The van der Waals surface area contributed by atoms with E-state index in [2.05, 4.69) is 37.4 Å². The number of amides is 1. The summed E-state index contributed by atoms with van der Waals surface area (Å²) in [6.45, 7) is 5.49. The van der Waals surface area contributed by atoms with Gasteiger partial charge in [0, 0.05) is 13.0 Å². The largest absolute Gasteiger partial charge is 0.356 e. The summed E-state index contributed by atoms with van der Waals surface area (Å²) in [5, 5.41) is 2.91. The van der Waals surface area contributed by atoms with E-state index in [9.17, 15) is 4.79 Å². The van der Waals surface area contributed by atoms with Gasteiger partial charge in [0.25, 0.3) is 0 Å². The van der Waals surface area contributed by atoms with Crippen LogP contribution in [0.3, 0.4) is 0 Å². The molecular formula is C14H22N2O. The van der Waals surface area contributed by atoms with Gasteiger partial charge in [-0.3, -0.25) is 4.79 Å². The Balaban J connectivity index is 2.30. The lowest BCUT2D eigenvalue weighted by Gasteiger charge is -2.07. The van der Waals surface area contributed by atoms with Gasteiger partial charge >= 0.3 is 0 Å². The van der Waals surface area contributed by atoms with Gasteiger partial charge in [-0.05, 0) is 49.9 Å². The average Bonchev–Trinajstić information content (AvgIpc) is 2.31. The van der Waals surface area contributed by atoms with Crippen LogP contribution in [0.4, 0.5) is 0 Å². The van der Waals surface area contributed by atoms with Gasteiger partial charge < -0.3 is 11.1 Å². The fraction of sp³-hybridized carbons (Fsp3) is 0.500. The summed E-state index contributed by atoms with van der Waals surface area (Å²) in [6.07, 6.45) is 2.17. The van der Waals surface area contributed by atoms with Crippen LogP contribution in [0.2, 0.25) is 0 Å². The minimum absolute atomic E-state index is 0.0966. The molecule has 0 unspecified atom stereocenters. The van der Waals surface area contributed by atoms with E-state index >= 15 is 0 Å². The van der Waals surface area contributed by atoms with Crippen molar-refractivity contribution < 1.29 is 4.79 Å². The van der Waals surface area contributed by atoms with E-state index in [4.69, 9.17) is 5.73 Å². The van der Waals surface area contributed by atoms with Crippen molar-refractivity contribution in [3.63, 3.8) is 0 Å². The minimum Gasteiger partial charge on any atom is -0.356 e. The Morgan fingerprint density at radius 1 is 1.29 bits per heavy atom. The van der Waals surface area contributed by atoms with Crippen molar-refractivity contribution in [2.75, 3.05) is 13.1 Å². The number of hydrogen-bond donors (Lipinski definition) is 2.